The number of rotatable bonds is 4. The number of amides is 2. The van der Waals surface area contributed by atoms with Gasteiger partial charge in [-0.3, -0.25) is 0 Å². The van der Waals surface area contributed by atoms with E-state index in [0.717, 1.165) is 0 Å². The second-order valence-electron chi connectivity index (χ2n) is 4.69. The van der Waals surface area contributed by atoms with Crippen molar-refractivity contribution >= 4 is 11.7 Å². The van der Waals surface area contributed by atoms with Gasteiger partial charge in [-0.15, -0.1) is 0 Å². The van der Waals surface area contributed by atoms with E-state index >= 15 is 0 Å². The molecule has 112 valence electrons. The van der Waals surface area contributed by atoms with E-state index in [1.807, 2.05) is 0 Å². The first-order valence-electron chi connectivity index (χ1n) is 6.51. The molecule has 6 nitrogen and oxygen atoms in total. The summed E-state index contributed by atoms with van der Waals surface area (Å²) < 4.78 is 15.2. The van der Waals surface area contributed by atoms with Gasteiger partial charge in [0, 0.05) is 0 Å². The van der Waals surface area contributed by atoms with Crippen LogP contribution < -0.4 is 10.6 Å². The first-order chi connectivity index (χ1) is 10.0. The Labute approximate surface area is 121 Å². The third-order valence-electron chi connectivity index (χ3n) is 2.99. The van der Waals surface area contributed by atoms with E-state index in [2.05, 4.69) is 15.7 Å². The minimum Gasteiger partial charge on any atom is -0.394 e. The lowest BCUT2D eigenvalue weighted by atomic mass is 10.3. The van der Waals surface area contributed by atoms with E-state index in [1.165, 1.54) is 16.9 Å². The highest BCUT2D eigenvalue weighted by atomic mass is 19.1. The molecule has 1 atom stereocenters. The summed E-state index contributed by atoms with van der Waals surface area (Å²) >= 11 is 0. The average Bonchev–Trinajstić information content (AvgIpc) is 2.80. The van der Waals surface area contributed by atoms with E-state index in [4.69, 9.17) is 5.11 Å². The summed E-state index contributed by atoms with van der Waals surface area (Å²) in [7, 11) is 0. The molecule has 0 bridgehead atoms. The Balaban J connectivity index is 2.18. The Morgan fingerprint density at radius 1 is 1.48 bits per heavy atom. The lowest BCUT2D eigenvalue weighted by Gasteiger charge is -2.12. The largest absolute Gasteiger partial charge is 0.394 e. The molecular formula is C14H17FN4O2. The zero-order valence-corrected chi connectivity index (χ0v) is 11.8. The fourth-order valence-electron chi connectivity index (χ4n) is 1.83. The van der Waals surface area contributed by atoms with Crippen LogP contribution in [0.2, 0.25) is 0 Å². The van der Waals surface area contributed by atoms with Gasteiger partial charge in [0.25, 0.3) is 0 Å². The quantitative estimate of drug-likeness (QED) is 0.804. The molecule has 21 heavy (non-hydrogen) atoms. The molecule has 0 aliphatic rings. The van der Waals surface area contributed by atoms with Crippen molar-refractivity contribution in [1.82, 2.24) is 15.1 Å². The van der Waals surface area contributed by atoms with Crippen LogP contribution in [0.5, 0.6) is 0 Å². The monoisotopic (exact) mass is 292 g/mol. The molecule has 1 aromatic heterocycles. The van der Waals surface area contributed by atoms with Gasteiger partial charge in [0.05, 0.1) is 30.2 Å². The van der Waals surface area contributed by atoms with Gasteiger partial charge in [0.15, 0.2) is 0 Å². The first kappa shape index (κ1) is 15.0. The Kier molecular flexibility index (Phi) is 4.54. The normalized spacial score (nSPS) is 12.0. The summed E-state index contributed by atoms with van der Waals surface area (Å²) in [5, 5.41) is 18.1. The van der Waals surface area contributed by atoms with Crippen LogP contribution in [0.1, 0.15) is 12.6 Å². The Bertz CT molecular complexity index is 642. The average molecular weight is 292 g/mol. The van der Waals surface area contributed by atoms with Crippen molar-refractivity contribution in [3.8, 4) is 5.69 Å². The van der Waals surface area contributed by atoms with Gasteiger partial charge in [0.2, 0.25) is 0 Å². The van der Waals surface area contributed by atoms with Crippen LogP contribution in [0.15, 0.2) is 30.5 Å². The molecule has 0 spiro atoms. The summed E-state index contributed by atoms with van der Waals surface area (Å²) in [6.45, 7) is 3.25. The number of nitrogens with zero attached hydrogens (tertiary/aromatic N) is 2. The number of hydrogen-bond donors (Lipinski definition) is 3. The molecule has 0 saturated carbocycles. The van der Waals surface area contributed by atoms with Crippen LogP contribution in [0.3, 0.4) is 0 Å². The summed E-state index contributed by atoms with van der Waals surface area (Å²) in [4.78, 5) is 11.7. The molecule has 3 N–H and O–H groups in total. The molecule has 0 aliphatic heterocycles. The second-order valence-corrected chi connectivity index (χ2v) is 4.69. The summed E-state index contributed by atoms with van der Waals surface area (Å²) in [6, 6.07) is 5.45. The number of aliphatic hydroxyl groups is 1. The molecule has 1 aromatic carbocycles. The van der Waals surface area contributed by atoms with Gasteiger partial charge in [0.1, 0.15) is 11.5 Å². The number of benzene rings is 1. The zero-order chi connectivity index (χ0) is 15.4. The fraction of sp³-hybridized carbons (Fsp3) is 0.286. The second kappa shape index (κ2) is 6.36. The highest BCUT2D eigenvalue weighted by molar-refractivity contribution is 5.89. The number of hydrogen-bond acceptors (Lipinski definition) is 3. The van der Waals surface area contributed by atoms with Gasteiger partial charge in [-0.05, 0) is 26.0 Å². The van der Waals surface area contributed by atoms with Crippen molar-refractivity contribution in [2.75, 3.05) is 11.9 Å². The Morgan fingerprint density at radius 3 is 2.86 bits per heavy atom. The molecule has 2 rings (SSSR count). The van der Waals surface area contributed by atoms with Gasteiger partial charge >= 0.3 is 6.03 Å². The third-order valence-corrected chi connectivity index (χ3v) is 2.99. The van der Waals surface area contributed by atoms with E-state index in [0.29, 0.717) is 17.1 Å². The number of aromatic nitrogens is 2. The zero-order valence-electron chi connectivity index (χ0n) is 11.8. The van der Waals surface area contributed by atoms with Crippen molar-refractivity contribution in [2.45, 2.75) is 19.9 Å². The molecule has 0 radical (unpaired) electrons. The maximum Gasteiger partial charge on any atom is 0.319 e. The Morgan fingerprint density at radius 2 is 2.19 bits per heavy atom. The number of para-hydroxylation sites is 1. The maximum absolute atomic E-state index is 13.8. The van der Waals surface area contributed by atoms with Crippen molar-refractivity contribution < 1.29 is 14.3 Å². The minimum atomic E-state index is -0.451. The van der Waals surface area contributed by atoms with Gasteiger partial charge in [-0.1, -0.05) is 12.1 Å². The molecule has 0 fully saturated rings. The van der Waals surface area contributed by atoms with Crippen LogP contribution in [-0.2, 0) is 0 Å². The SMILES string of the molecule is Cc1c(NC(=O)N[C@@H](C)CO)cnn1-c1ccccc1F. The number of halogens is 1. The minimum absolute atomic E-state index is 0.152. The molecule has 2 aromatic rings. The van der Waals surface area contributed by atoms with Gasteiger partial charge < -0.3 is 15.7 Å². The van der Waals surface area contributed by atoms with Crippen LogP contribution in [0.25, 0.3) is 5.69 Å². The summed E-state index contributed by atoms with van der Waals surface area (Å²) in [5.41, 5.74) is 1.39. The highest BCUT2D eigenvalue weighted by Gasteiger charge is 2.14. The van der Waals surface area contributed by atoms with Gasteiger partial charge in [-0.25, -0.2) is 13.9 Å². The molecule has 7 heteroatoms. The van der Waals surface area contributed by atoms with Crippen molar-refractivity contribution in [3.63, 3.8) is 0 Å². The first-order valence-corrected chi connectivity index (χ1v) is 6.51. The molecule has 1 heterocycles. The third kappa shape index (κ3) is 3.38. The van der Waals surface area contributed by atoms with E-state index in [-0.39, 0.29) is 12.6 Å². The van der Waals surface area contributed by atoms with E-state index < -0.39 is 11.8 Å². The number of nitrogens with one attached hydrogen (secondary N) is 2. The predicted molar refractivity (Wildman–Crippen MR) is 77.0 cm³/mol. The van der Waals surface area contributed by atoms with Crippen LogP contribution in [-0.4, -0.2) is 33.6 Å². The Hall–Kier alpha value is -2.41. The molecule has 0 unspecified atom stereocenters. The molecule has 0 aliphatic carbocycles. The maximum atomic E-state index is 13.8. The van der Waals surface area contributed by atoms with Crippen LogP contribution in [0.4, 0.5) is 14.9 Å². The molecule has 2 amide bonds. The highest BCUT2D eigenvalue weighted by Crippen LogP contribution is 2.20. The topological polar surface area (TPSA) is 79.2 Å². The number of carbonyl (C=O) groups excluding carboxylic acids is 1. The van der Waals surface area contributed by atoms with Crippen LogP contribution in [0, 0.1) is 12.7 Å². The van der Waals surface area contributed by atoms with E-state index in [9.17, 15) is 9.18 Å². The van der Waals surface area contributed by atoms with Crippen LogP contribution >= 0.6 is 0 Å². The standard InChI is InChI=1S/C14H17FN4O2/c1-9(8-20)17-14(21)18-12-7-16-19(10(12)2)13-6-4-3-5-11(13)15/h3-7,9,20H,8H2,1-2H3,(H2,17,18,21)/t9-/m0/s1. The van der Waals surface area contributed by atoms with Crippen molar-refractivity contribution in [1.29, 1.82) is 0 Å². The molecular weight excluding hydrogens is 275 g/mol. The summed E-state index contributed by atoms with van der Waals surface area (Å²) in [5.74, 6) is -0.395. The summed E-state index contributed by atoms with van der Waals surface area (Å²) in [6.07, 6.45) is 1.45. The smallest absolute Gasteiger partial charge is 0.319 e. The number of carbonyl (C=O) groups is 1. The fourth-order valence-corrected chi connectivity index (χ4v) is 1.83. The van der Waals surface area contributed by atoms with Gasteiger partial charge in [-0.2, -0.15) is 5.10 Å². The predicted octanol–water partition coefficient (Wildman–Crippen LogP) is 1.82. The number of aliphatic hydroxyl groups excluding tert-OH is 1. The van der Waals surface area contributed by atoms with E-state index in [1.54, 1.807) is 32.0 Å². The van der Waals surface area contributed by atoms with Crippen molar-refractivity contribution in [2.24, 2.45) is 0 Å². The number of urea groups is 1. The van der Waals surface area contributed by atoms with Crippen molar-refractivity contribution in [3.05, 3.63) is 42.0 Å². The molecule has 0 saturated heterocycles. The number of anilines is 1. The lowest BCUT2D eigenvalue weighted by molar-refractivity contribution is 0.229. The lowest BCUT2D eigenvalue weighted by Crippen LogP contribution is -2.38.